The second-order valence-electron chi connectivity index (χ2n) is 10.7. The van der Waals surface area contributed by atoms with Gasteiger partial charge in [-0.3, -0.25) is 9.59 Å². The second kappa shape index (κ2) is 14.6. The zero-order valence-corrected chi connectivity index (χ0v) is 25.4. The van der Waals surface area contributed by atoms with E-state index in [2.05, 4.69) is 31.1 Å². The van der Waals surface area contributed by atoms with Crippen molar-refractivity contribution in [3.05, 3.63) is 105 Å². The minimum Gasteiger partial charge on any atom is -0.396 e. The Morgan fingerprint density at radius 1 is 1.02 bits per heavy atom. The highest BCUT2D eigenvalue weighted by molar-refractivity contribution is 6.31. The summed E-state index contributed by atoms with van der Waals surface area (Å²) in [5, 5.41) is 23.4. The van der Waals surface area contributed by atoms with Crippen LogP contribution in [0.3, 0.4) is 0 Å². The molecule has 0 radical (unpaired) electrons. The van der Waals surface area contributed by atoms with Gasteiger partial charge in [-0.15, -0.1) is 5.10 Å². The van der Waals surface area contributed by atoms with Gasteiger partial charge in [0.25, 0.3) is 11.8 Å². The van der Waals surface area contributed by atoms with E-state index in [0.717, 1.165) is 62.0 Å². The van der Waals surface area contributed by atoms with Crippen molar-refractivity contribution in [1.29, 1.82) is 0 Å². The van der Waals surface area contributed by atoms with Gasteiger partial charge in [-0.25, -0.2) is 10.1 Å². The molecule has 240 valence electrons. The van der Waals surface area contributed by atoms with E-state index in [1.54, 1.807) is 41.2 Å². The van der Waals surface area contributed by atoms with Crippen molar-refractivity contribution in [2.24, 2.45) is 5.10 Å². The Bertz CT molecular complexity index is 1740. The Morgan fingerprint density at radius 2 is 1.83 bits per heavy atom. The summed E-state index contributed by atoms with van der Waals surface area (Å²) in [5.41, 5.74) is 4.40. The Morgan fingerprint density at radius 3 is 2.59 bits per heavy atom. The van der Waals surface area contributed by atoms with Crippen LogP contribution < -0.4 is 15.6 Å². The molecule has 1 fully saturated rings. The van der Waals surface area contributed by atoms with Gasteiger partial charge in [0, 0.05) is 43.6 Å². The molecule has 1 aromatic heterocycles. The summed E-state index contributed by atoms with van der Waals surface area (Å²) < 4.78 is 41.4. The van der Waals surface area contributed by atoms with Crippen LogP contribution in [-0.4, -0.2) is 57.8 Å². The van der Waals surface area contributed by atoms with Crippen molar-refractivity contribution >= 4 is 41.0 Å². The number of nitrogens with zero attached hydrogens (tertiary/aromatic N) is 5. The first kappa shape index (κ1) is 32.6. The fourth-order valence-electron chi connectivity index (χ4n) is 5.08. The summed E-state index contributed by atoms with van der Waals surface area (Å²) in [5.74, 6) is -1.11. The molecule has 14 heteroatoms. The summed E-state index contributed by atoms with van der Waals surface area (Å²) >= 11 is 5.70. The second-order valence-corrected chi connectivity index (χ2v) is 11.2. The summed E-state index contributed by atoms with van der Waals surface area (Å²) in [6.07, 6.45) is 1.70. The third-order valence-corrected chi connectivity index (χ3v) is 7.71. The lowest BCUT2D eigenvalue weighted by molar-refractivity contribution is -0.137. The summed E-state index contributed by atoms with van der Waals surface area (Å²) in [4.78, 5) is 28.9. The highest BCUT2D eigenvalue weighted by Crippen LogP contribution is 2.35. The number of hydrazone groups is 1. The number of carbonyl (C=O) groups is 2. The number of piperidine rings is 1. The minimum atomic E-state index is -4.65. The maximum absolute atomic E-state index is 13.4. The average Bonchev–Trinajstić information content (AvgIpc) is 3.48. The molecule has 1 aliphatic rings. The number of nitrogens with one attached hydrogen (secondary N) is 2. The Labute approximate surface area is 267 Å². The van der Waals surface area contributed by atoms with Gasteiger partial charge >= 0.3 is 6.18 Å². The number of hydrogen-bond acceptors (Lipinski definition) is 7. The number of amides is 2. The summed E-state index contributed by atoms with van der Waals surface area (Å²) in [6, 6.07) is 15.4. The molecule has 3 aromatic carbocycles. The highest BCUT2D eigenvalue weighted by atomic mass is 35.5. The van der Waals surface area contributed by atoms with Gasteiger partial charge in [0.1, 0.15) is 0 Å². The van der Waals surface area contributed by atoms with Crippen LogP contribution in [0.25, 0.3) is 0 Å². The van der Waals surface area contributed by atoms with E-state index in [0.29, 0.717) is 24.2 Å². The van der Waals surface area contributed by atoms with E-state index in [1.807, 2.05) is 12.1 Å². The lowest BCUT2D eigenvalue weighted by atomic mass is 10.1. The summed E-state index contributed by atoms with van der Waals surface area (Å²) in [6.45, 7) is 1.96. The number of aliphatic hydroxyl groups is 1. The molecule has 5 rings (SSSR count). The topological polar surface area (TPSA) is 125 Å². The Hall–Kier alpha value is -4.75. The maximum Gasteiger partial charge on any atom is 0.417 e. The lowest BCUT2D eigenvalue weighted by Gasteiger charge is -2.29. The minimum absolute atomic E-state index is 0.0368. The number of rotatable bonds is 10. The lowest BCUT2D eigenvalue weighted by Crippen LogP contribution is -2.30. The van der Waals surface area contributed by atoms with E-state index in [4.69, 9.17) is 16.7 Å². The molecule has 0 atom stereocenters. The smallest absolute Gasteiger partial charge is 0.396 e. The first-order valence-corrected chi connectivity index (χ1v) is 15.0. The van der Waals surface area contributed by atoms with Crippen molar-refractivity contribution in [1.82, 2.24) is 20.4 Å². The molecule has 0 spiro atoms. The van der Waals surface area contributed by atoms with Gasteiger partial charge < -0.3 is 15.3 Å². The quantitative estimate of drug-likeness (QED) is 0.153. The monoisotopic (exact) mass is 653 g/mol. The molecular weight excluding hydrogens is 623 g/mol. The van der Waals surface area contributed by atoms with Crippen molar-refractivity contribution in [3.63, 3.8) is 0 Å². The van der Waals surface area contributed by atoms with Crippen molar-refractivity contribution in [2.75, 3.05) is 29.9 Å². The van der Waals surface area contributed by atoms with Crippen LogP contribution in [0.1, 0.15) is 62.4 Å². The number of hydrogen-bond donors (Lipinski definition) is 3. The zero-order chi connectivity index (χ0) is 32.7. The first-order valence-electron chi connectivity index (χ1n) is 14.6. The number of benzene rings is 3. The Balaban J connectivity index is 1.35. The van der Waals surface area contributed by atoms with Crippen molar-refractivity contribution in [3.8, 4) is 0 Å². The molecule has 0 aliphatic carbocycles. The zero-order valence-electron chi connectivity index (χ0n) is 24.6. The first-order chi connectivity index (χ1) is 22.1. The number of alkyl halides is 3. The van der Waals surface area contributed by atoms with Gasteiger partial charge in [-0.05, 0) is 72.9 Å². The molecule has 46 heavy (non-hydrogen) atoms. The van der Waals surface area contributed by atoms with Crippen molar-refractivity contribution in [2.45, 2.75) is 38.4 Å². The van der Waals surface area contributed by atoms with E-state index < -0.39 is 28.6 Å². The van der Waals surface area contributed by atoms with Crippen LogP contribution in [0.5, 0.6) is 0 Å². The van der Waals surface area contributed by atoms with Crippen molar-refractivity contribution < 1.29 is 27.9 Å². The number of aromatic nitrogens is 3. The number of anilines is 2. The average molecular weight is 654 g/mol. The SMILES string of the molecule is O=C(Nc1ccc(N2CCCCC2)cc1C(=O)NN=Cc1ccc(Cl)c(C(F)(F)F)c1)c1cccc(Cn2cc(CCO)nn2)c1. The standard InChI is InChI=1S/C32H31ClF3N7O3/c33-28-9-7-21(16-27(28)32(34,35)36)18-37-40-31(46)26-17-25(42-12-2-1-3-13-42)8-10-29(26)38-30(45)23-6-4-5-22(15-23)19-43-20-24(11-14-44)39-41-43/h4-10,15-18,20,44H,1-3,11-14,19H2,(H,38,45)(H,40,46). The number of aliphatic hydroxyl groups excluding tert-OH is 1. The van der Waals surface area contributed by atoms with E-state index >= 15 is 0 Å². The van der Waals surface area contributed by atoms with Crippen LogP contribution in [0.2, 0.25) is 5.02 Å². The van der Waals surface area contributed by atoms with Gasteiger partial charge in [0.05, 0.1) is 40.3 Å². The molecule has 0 unspecified atom stereocenters. The maximum atomic E-state index is 13.4. The van der Waals surface area contributed by atoms with Gasteiger partial charge in [0.2, 0.25) is 0 Å². The molecule has 2 amide bonds. The normalized spacial score (nSPS) is 13.6. The largest absolute Gasteiger partial charge is 0.417 e. The van der Waals surface area contributed by atoms with Gasteiger partial charge in [0.15, 0.2) is 0 Å². The molecule has 0 saturated carbocycles. The fourth-order valence-corrected chi connectivity index (χ4v) is 5.31. The van der Waals surface area contributed by atoms with Crippen LogP contribution in [0.15, 0.2) is 72.0 Å². The predicted molar refractivity (Wildman–Crippen MR) is 168 cm³/mol. The van der Waals surface area contributed by atoms with Crippen LogP contribution in [0, 0.1) is 0 Å². The number of halogens is 4. The van der Waals surface area contributed by atoms with E-state index in [9.17, 15) is 22.8 Å². The molecule has 2 heterocycles. The molecule has 0 bridgehead atoms. The van der Waals surface area contributed by atoms with Crippen LogP contribution in [-0.2, 0) is 19.1 Å². The van der Waals surface area contributed by atoms with Gasteiger partial charge in [-0.1, -0.05) is 35.0 Å². The van der Waals surface area contributed by atoms with E-state index in [-0.39, 0.29) is 23.4 Å². The molecule has 3 N–H and O–H groups in total. The summed E-state index contributed by atoms with van der Waals surface area (Å²) in [7, 11) is 0. The molecule has 4 aromatic rings. The Kier molecular flexibility index (Phi) is 10.3. The van der Waals surface area contributed by atoms with Crippen LogP contribution in [0.4, 0.5) is 24.5 Å². The van der Waals surface area contributed by atoms with Gasteiger partial charge in [-0.2, -0.15) is 18.3 Å². The highest BCUT2D eigenvalue weighted by Gasteiger charge is 2.33. The third kappa shape index (κ3) is 8.29. The fraction of sp³-hybridized carbons (Fsp3) is 0.281. The molecule has 10 nitrogen and oxygen atoms in total. The van der Waals surface area contributed by atoms with E-state index in [1.165, 1.54) is 6.07 Å². The third-order valence-electron chi connectivity index (χ3n) is 7.38. The van der Waals surface area contributed by atoms with Crippen LogP contribution >= 0.6 is 11.6 Å². The number of carbonyl (C=O) groups excluding carboxylic acids is 2. The molecule has 1 aliphatic heterocycles. The molecular formula is C32H31ClF3N7O3. The predicted octanol–water partition coefficient (Wildman–Crippen LogP) is 5.54. The molecule has 1 saturated heterocycles.